The molecule has 0 spiro atoms. The third-order valence-electron chi connectivity index (χ3n) is 1.84. The Hall–Kier alpha value is -1.37. The molecule has 6 nitrogen and oxygen atoms in total. The van der Waals surface area contributed by atoms with Crippen LogP contribution < -0.4 is 5.73 Å². The van der Waals surface area contributed by atoms with Gasteiger partial charge in [0.15, 0.2) is 4.77 Å². The summed E-state index contributed by atoms with van der Waals surface area (Å²) >= 11 is 4.93. The first-order valence-electron chi connectivity index (χ1n) is 4.13. The summed E-state index contributed by atoms with van der Waals surface area (Å²) < 4.78 is 2.03. The molecule has 0 aliphatic rings. The monoisotopic (exact) mass is 215 g/mol. The number of H-pyrrole nitrogens is 1. The van der Waals surface area contributed by atoms with Gasteiger partial charge in [-0.1, -0.05) is 0 Å². The Balaban J connectivity index is 2.62. The lowest BCUT2D eigenvalue weighted by molar-refractivity contribution is -0.128. The van der Waals surface area contributed by atoms with Gasteiger partial charge >= 0.3 is 0 Å². The van der Waals surface area contributed by atoms with Crippen LogP contribution in [-0.2, 0) is 11.3 Å². The van der Waals surface area contributed by atoms with Crippen LogP contribution in [0.2, 0.25) is 0 Å². The molecule has 7 heteroatoms. The zero-order valence-electron chi connectivity index (χ0n) is 8.15. The maximum absolute atomic E-state index is 11.3. The van der Waals surface area contributed by atoms with E-state index in [-0.39, 0.29) is 5.91 Å². The van der Waals surface area contributed by atoms with Gasteiger partial charge in [0.05, 0.1) is 0 Å². The fraction of sp³-hybridized carbons (Fsp3) is 0.571. The summed E-state index contributed by atoms with van der Waals surface area (Å²) in [6, 6.07) is 0. The molecular formula is C7H13N5OS. The average Bonchev–Trinajstić information content (AvgIpc) is 2.43. The SMILES string of the molecule is CN(C)C(=O)CCn1c(N)n[nH]c1=S. The minimum atomic E-state index is 0.0347. The van der Waals surface area contributed by atoms with Crippen molar-refractivity contribution in [1.29, 1.82) is 0 Å². The van der Waals surface area contributed by atoms with E-state index in [1.54, 1.807) is 18.7 Å². The van der Waals surface area contributed by atoms with Gasteiger partial charge < -0.3 is 10.6 Å². The molecule has 0 bridgehead atoms. The summed E-state index contributed by atoms with van der Waals surface area (Å²) in [6.07, 6.45) is 0.366. The Morgan fingerprint density at radius 1 is 1.71 bits per heavy atom. The van der Waals surface area contributed by atoms with E-state index in [0.29, 0.717) is 23.7 Å². The first kappa shape index (κ1) is 10.7. The number of nitrogens with two attached hydrogens (primary N) is 1. The van der Waals surface area contributed by atoms with Crippen molar-refractivity contribution in [1.82, 2.24) is 19.7 Å². The van der Waals surface area contributed by atoms with Crippen molar-refractivity contribution in [3.8, 4) is 0 Å². The largest absolute Gasteiger partial charge is 0.368 e. The van der Waals surface area contributed by atoms with Gasteiger partial charge in [0.1, 0.15) is 0 Å². The molecule has 14 heavy (non-hydrogen) atoms. The van der Waals surface area contributed by atoms with Crippen LogP contribution in [0.3, 0.4) is 0 Å². The highest BCUT2D eigenvalue weighted by molar-refractivity contribution is 7.71. The number of aromatic nitrogens is 3. The molecule has 1 rings (SSSR count). The number of hydrogen-bond acceptors (Lipinski definition) is 4. The predicted octanol–water partition coefficient (Wildman–Crippen LogP) is 0.00119. The van der Waals surface area contributed by atoms with Crippen LogP contribution in [-0.4, -0.2) is 39.7 Å². The minimum Gasteiger partial charge on any atom is -0.368 e. The van der Waals surface area contributed by atoms with E-state index in [0.717, 1.165) is 0 Å². The molecule has 3 N–H and O–H groups in total. The Labute approximate surface area is 86.7 Å². The Morgan fingerprint density at radius 2 is 2.36 bits per heavy atom. The summed E-state index contributed by atoms with van der Waals surface area (Å²) in [5.74, 6) is 0.342. The molecule has 0 unspecified atom stereocenters. The molecule has 0 aliphatic heterocycles. The molecule has 0 aromatic carbocycles. The average molecular weight is 215 g/mol. The third-order valence-corrected chi connectivity index (χ3v) is 2.15. The van der Waals surface area contributed by atoms with Gasteiger partial charge in [-0.3, -0.25) is 9.36 Å². The van der Waals surface area contributed by atoms with Crippen molar-refractivity contribution in [3.05, 3.63) is 4.77 Å². The number of carbonyl (C=O) groups excluding carboxylic acids is 1. The Kier molecular flexibility index (Phi) is 3.23. The van der Waals surface area contributed by atoms with Crippen LogP contribution in [0.1, 0.15) is 6.42 Å². The van der Waals surface area contributed by atoms with E-state index >= 15 is 0 Å². The second-order valence-electron chi connectivity index (χ2n) is 3.08. The van der Waals surface area contributed by atoms with Gasteiger partial charge in [-0.2, -0.15) is 0 Å². The lowest BCUT2D eigenvalue weighted by atomic mass is 10.4. The van der Waals surface area contributed by atoms with Crippen molar-refractivity contribution in [2.75, 3.05) is 19.8 Å². The first-order valence-corrected chi connectivity index (χ1v) is 4.54. The molecule has 0 aliphatic carbocycles. The predicted molar refractivity (Wildman–Crippen MR) is 55.1 cm³/mol. The number of rotatable bonds is 3. The van der Waals surface area contributed by atoms with Crippen LogP contribution in [0.5, 0.6) is 0 Å². The van der Waals surface area contributed by atoms with E-state index < -0.39 is 0 Å². The highest BCUT2D eigenvalue weighted by atomic mass is 32.1. The molecule has 0 radical (unpaired) electrons. The van der Waals surface area contributed by atoms with Crippen LogP contribution >= 0.6 is 12.2 Å². The molecule has 1 aromatic rings. The van der Waals surface area contributed by atoms with Gasteiger partial charge in [-0.15, -0.1) is 5.10 Å². The second-order valence-corrected chi connectivity index (χ2v) is 3.46. The fourth-order valence-electron chi connectivity index (χ4n) is 0.977. The number of nitrogens with one attached hydrogen (secondary N) is 1. The number of anilines is 1. The maximum Gasteiger partial charge on any atom is 0.223 e. The molecule has 1 amide bonds. The van der Waals surface area contributed by atoms with Crippen LogP contribution in [0.15, 0.2) is 0 Å². The van der Waals surface area contributed by atoms with Crippen molar-refractivity contribution in [3.63, 3.8) is 0 Å². The standard InChI is InChI=1S/C7H13N5OS/c1-11(2)5(13)3-4-12-6(8)9-10-7(12)14/h3-4H2,1-2H3,(H2,8,9)(H,10,14). The number of hydrogen-bond donors (Lipinski definition) is 2. The van der Waals surface area contributed by atoms with E-state index in [1.165, 1.54) is 4.90 Å². The van der Waals surface area contributed by atoms with Gasteiger partial charge in [-0.05, 0) is 12.2 Å². The van der Waals surface area contributed by atoms with E-state index in [4.69, 9.17) is 18.0 Å². The third kappa shape index (κ3) is 2.32. The maximum atomic E-state index is 11.3. The van der Waals surface area contributed by atoms with Crippen molar-refractivity contribution >= 4 is 24.1 Å². The number of amides is 1. The zero-order chi connectivity index (χ0) is 10.7. The lowest BCUT2D eigenvalue weighted by Gasteiger charge is -2.10. The number of nitrogens with zero attached hydrogens (tertiary/aromatic N) is 3. The van der Waals surface area contributed by atoms with Crippen molar-refractivity contribution < 1.29 is 4.79 Å². The molecule has 78 valence electrons. The Bertz CT molecular complexity index is 380. The van der Waals surface area contributed by atoms with E-state index in [2.05, 4.69) is 10.2 Å². The quantitative estimate of drug-likeness (QED) is 0.696. The zero-order valence-corrected chi connectivity index (χ0v) is 8.97. The highest BCUT2D eigenvalue weighted by Gasteiger charge is 2.06. The molecule has 1 aromatic heterocycles. The van der Waals surface area contributed by atoms with Gasteiger partial charge in [0.25, 0.3) is 0 Å². The summed E-state index contributed by atoms with van der Waals surface area (Å²) in [5, 5.41) is 6.29. The highest BCUT2D eigenvalue weighted by Crippen LogP contribution is 2.01. The normalized spacial score (nSPS) is 10.1. The molecule has 0 saturated carbocycles. The van der Waals surface area contributed by atoms with Gasteiger partial charge in [0.2, 0.25) is 11.9 Å². The topological polar surface area (TPSA) is 79.9 Å². The molecule has 0 fully saturated rings. The number of aromatic amines is 1. The number of nitrogen functional groups attached to an aromatic ring is 1. The summed E-state index contributed by atoms with van der Waals surface area (Å²) in [6.45, 7) is 0.457. The number of carbonyl (C=O) groups is 1. The van der Waals surface area contributed by atoms with Crippen molar-refractivity contribution in [2.24, 2.45) is 0 Å². The Morgan fingerprint density at radius 3 is 2.79 bits per heavy atom. The lowest BCUT2D eigenvalue weighted by Crippen LogP contribution is -2.23. The molecule has 1 heterocycles. The van der Waals surface area contributed by atoms with Crippen LogP contribution in [0.4, 0.5) is 5.95 Å². The summed E-state index contributed by atoms with van der Waals surface area (Å²) in [4.78, 5) is 12.8. The summed E-state index contributed by atoms with van der Waals surface area (Å²) in [5.41, 5.74) is 5.53. The van der Waals surface area contributed by atoms with E-state index in [9.17, 15) is 4.79 Å². The van der Waals surface area contributed by atoms with E-state index in [1.807, 2.05) is 0 Å². The van der Waals surface area contributed by atoms with Gasteiger partial charge in [-0.25, -0.2) is 5.10 Å². The van der Waals surface area contributed by atoms with Crippen molar-refractivity contribution in [2.45, 2.75) is 13.0 Å². The minimum absolute atomic E-state index is 0.0347. The molecule has 0 atom stereocenters. The molecular weight excluding hydrogens is 202 g/mol. The van der Waals surface area contributed by atoms with Crippen LogP contribution in [0, 0.1) is 4.77 Å². The smallest absolute Gasteiger partial charge is 0.223 e. The first-order chi connectivity index (χ1) is 6.52. The molecule has 0 saturated heterocycles. The second kappa shape index (κ2) is 4.23. The summed E-state index contributed by atoms with van der Waals surface area (Å²) in [7, 11) is 3.42. The van der Waals surface area contributed by atoms with Gasteiger partial charge in [0, 0.05) is 27.1 Å². The fourth-order valence-corrected chi connectivity index (χ4v) is 1.21. The van der Waals surface area contributed by atoms with Crippen LogP contribution in [0.25, 0.3) is 0 Å².